The van der Waals surface area contributed by atoms with Gasteiger partial charge in [-0.15, -0.1) is 0 Å². The van der Waals surface area contributed by atoms with Gasteiger partial charge in [0, 0.05) is 11.8 Å². The molecule has 1 unspecified atom stereocenters. The standard InChI is InChI=1S/C17H22N2O2/c1-5-21-17-15(7-6-10-18-17)19-13(3)14-9-8-12(2)11-16(14)20-4/h6-11,13,19H,5H2,1-4H3. The zero-order valence-electron chi connectivity index (χ0n) is 13.0. The fourth-order valence-electron chi connectivity index (χ4n) is 2.24. The number of nitrogens with zero attached hydrogens (tertiary/aromatic N) is 1. The highest BCUT2D eigenvalue weighted by molar-refractivity contribution is 5.54. The van der Waals surface area contributed by atoms with Crippen LogP contribution in [0.1, 0.15) is 31.0 Å². The Bertz CT molecular complexity index is 599. The van der Waals surface area contributed by atoms with Gasteiger partial charge in [0.15, 0.2) is 0 Å². The summed E-state index contributed by atoms with van der Waals surface area (Å²) in [6, 6.07) is 10.2. The van der Waals surface area contributed by atoms with Crippen molar-refractivity contribution in [3.8, 4) is 11.6 Å². The van der Waals surface area contributed by atoms with E-state index in [1.165, 1.54) is 5.56 Å². The molecule has 112 valence electrons. The molecule has 0 aliphatic carbocycles. The predicted molar refractivity (Wildman–Crippen MR) is 85.2 cm³/mol. The van der Waals surface area contributed by atoms with Crippen molar-refractivity contribution in [2.75, 3.05) is 19.0 Å². The predicted octanol–water partition coefficient (Wildman–Crippen LogP) is 3.97. The van der Waals surface area contributed by atoms with Crippen molar-refractivity contribution < 1.29 is 9.47 Å². The number of benzene rings is 1. The lowest BCUT2D eigenvalue weighted by Crippen LogP contribution is -2.10. The number of methoxy groups -OCH3 is 1. The fourth-order valence-corrected chi connectivity index (χ4v) is 2.24. The van der Waals surface area contributed by atoms with Crippen molar-refractivity contribution in [1.29, 1.82) is 0 Å². The Kier molecular flexibility index (Phi) is 5.04. The molecule has 0 fully saturated rings. The SMILES string of the molecule is CCOc1ncccc1NC(C)c1ccc(C)cc1OC. The minimum absolute atomic E-state index is 0.0870. The number of rotatable bonds is 6. The molecule has 21 heavy (non-hydrogen) atoms. The average molecular weight is 286 g/mol. The highest BCUT2D eigenvalue weighted by atomic mass is 16.5. The monoisotopic (exact) mass is 286 g/mol. The van der Waals surface area contributed by atoms with Crippen molar-refractivity contribution >= 4 is 5.69 Å². The second kappa shape index (κ2) is 6.97. The van der Waals surface area contributed by atoms with Gasteiger partial charge in [-0.05, 0) is 44.5 Å². The van der Waals surface area contributed by atoms with Crippen LogP contribution in [0.5, 0.6) is 11.6 Å². The molecule has 1 heterocycles. The van der Waals surface area contributed by atoms with Gasteiger partial charge < -0.3 is 14.8 Å². The first kappa shape index (κ1) is 15.2. The van der Waals surface area contributed by atoms with Crippen LogP contribution in [0.4, 0.5) is 5.69 Å². The van der Waals surface area contributed by atoms with Crippen LogP contribution in [-0.2, 0) is 0 Å². The number of hydrogen-bond donors (Lipinski definition) is 1. The van der Waals surface area contributed by atoms with Crippen LogP contribution in [0.2, 0.25) is 0 Å². The lowest BCUT2D eigenvalue weighted by molar-refractivity contribution is 0.328. The lowest BCUT2D eigenvalue weighted by Gasteiger charge is -2.20. The molecule has 2 aromatic rings. The Morgan fingerprint density at radius 3 is 2.81 bits per heavy atom. The van der Waals surface area contributed by atoms with Gasteiger partial charge >= 0.3 is 0 Å². The Labute approximate surface area is 126 Å². The fraction of sp³-hybridized carbons (Fsp3) is 0.353. The van der Waals surface area contributed by atoms with E-state index in [0.29, 0.717) is 12.5 Å². The minimum Gasteiger partial charge on any atom is -0.496 e. The van der Waals surface area contributed by atoms with E-state index in [1.807, 2.05) is 25.1 Å². The third-order valence-corrected chi connectivity index (χ3v) is 3.28. The molecule has 0 aliphatic rings. The number of nitrogens with one attached hydrogen (secondary N) is 1. The number of aryl methyl sites for hydroxylation is 1. The maximum Gasteiger partial charge on any atom is 0.237 e. The van der Waals surface area contributed by atoms with Gasteiger partial charge in [-0.3, -0.25) is 0 Å². The van der Waals surface area contributed by atoms with Gasteiger partial charge in [-0.25, -0.2) is 4.98 Å². The second-order valence-corrected chi connectivity index (χ2v) is 4.90. The van der Waals surface area contributed by atoms with E-state index in [0.717, 1.165) is 17.0 Å². The summed E-state index contributed by atoms with van der Waals surface area (Å²) in [5.41, 5.74) is 3.17. The summed E-state index contributed by atoms with van der Waals surface area (Å²) < 4.78 is 11.0. The van der Waals surface area contributed by atoms with E-state index in [2.05, 4.69) is 36.3 Å². The Morgan fingerprint density at radius 1 is 1.29 bits per heavy atom. The molecule has 4 nitrogen and oxygen atoms in total. The van der Waals surface area contributed by atoms with Crippen LogP contribution in [0.15, 0.2) is 36.5 Å². The lowest BCUT2D eigenvalue weighted by atomic mass is 10.0. The molecular weight excluding hydrogens is 264 g/mol. The first-order valence-electron chi connectivity index (χ1n) is 7.14. The highest BCUT2D eigenvalue weighted by Gasteiger charge is 2.14. The maximum absolute atomic E-state index is 5.54. The van der Waals surface area contributed by atoms with Crippen molar-refractivity contribution in [2.24, 2.45) is 0 Å². The van der Waals surface area contributed by atoms with E-state index in [9.17, 15) is 0 Å². The summed E-state index contributed by atoms with van der Waals surface area (Å²) in [7, 11) is 1.70. The smallest absolute Gasteiger partial charge is 0.237 e. The molecule has 1 N–H and O–H groups in total. The van der Waals surface area contributed by atoms with E-state index < -0.39 is 0 Å². The molecule has 0 aliphatic heterocycles. The molecular formula is C17H22N2O2. The summed E-state index contributed by atoms with van der Waals surface area (Å²) in [6.07, 6.45) is 1.73. The Hall–Kier alpha value is -2.23. The summed E-state index contributed by atoms with van der Waals surface area (Å²) in [4.78, 5) is 4.26. The van der Waals surface area contributed by atoms with Crippen molar-refractivity contribution in [3.63, 3.8) is 0 Å². The minimum atomic E-state index is 0.0870. The summed E-state index contributed by atoms with van der Waals surface area (Å²) >= 11 is 0. The number of ether oxygens (including phenoxy) is 2. The Morgan fingerprint density at radius 2 is 2.10 bits per heavy atom. The molecule has 0 bridgehead atoms. The zero-order valence-corrected chi connectivity index (χ0v) is 13.0. The van der Waals surface area contributed by atoms with Crippen molar-refractivity contribution in [1.82, 2.24) is 4.98 Å². The number of hydrogen-bond acceptors (Lipinski definition) is 4. The zero-order chi connectivity index (χ0) is 15.2. The highest BCUT2D eigenvalue weighted by Crippen LogP contribution is 2.31. The molecule has 0 saturated carbocycles. The van der Waals surface area contributed by atoms with Crippen LogP contribution >= 0.6 is 0 Å². The first-order valence-corrected chi connectivity index (χ1v) is 7.14. The molecule has 0 amide bonds. The van der Waals surface area contributed by atoms with Crippen molar-refractivity contribution in [2.45, 2.75) is 26.8 Å². The molecule has 2 rings (SSSR count). The van der Waals surface area contributed by atoms with Crippen LogP contribution in [-0.4, -0.2) is 18.7 Å². The van der Waals surface area contributed by atoms with Crippen molar-refractivity contribution in [3.05, 3.63) is 47.7 Å². The third kappa shape index (κ3) is 3.66. The number of anilines is 1. The van der Waals surface area contributed by atoms with Gasteiger partial charge in [0.25, 0.3) is 0 Å². The Balaban J connectivity index is 2.24. The molecule has 0 radical (unpaired) electrons. The molecule has 0 spiro atoms. The molecule has 1 atom stereocenters. The number of pyridine rings is 1. The van der Waals surface area contributed by atoms with Crippen LogP contribution in [0.25, 0.3) is 0 Å². The van der Waals surface area contributed by atoms with E-state index >= 15 is 0 Å². The topological polar surface area (TPSA) is 43.4 Å². The van der Waals surface area contributed by atoms with Gasteiger partial charge in [-0.2, -0.15) is 0 Å². The van der Waals surface area contributed by atoms with E-state index in [-0.39, 0.29) is 6.04 Å². The summed E-state index contributed by atoms with van der Waals surface area (Å²) in [5.74, 6) is 1.51. The van der Waals surface area contributed by atoms with Gasteiger partial charge in [-0.1, -0.05) is 12.1 Å². The largest absolute Gasteiger partial charge is 0.496 e. The van der Waals surface area contributed by atoms with Gasteiger partial charge in [0.05, 0.1) is 25.4 Å². The molecule has 0 saturated heterocycles. The first-order chi connectivity index (χ1) is 10.2. The van der Waals surface area contributed by atoms with Crippen LogP contribution in [0.3, 0.4) is 0 Å². The van der Waals surface area contributed by atoms with Crippen LogP contribution < -0.4 is 14.8 Å². The van der Waals surface area contributed by atoms with Crippen LogP contribution in [0, 0.1) is 6.92 Å². The molecule has 4 heteroatoms. The molecule has 1 aromatic heterocycles. The van der Waals surface area contributed by atoms with E-state index in [1.54, 1.807) is 13.3 Å². The maximum atomic E-state index is 5.54. The van der Waals surface area contributed by atoms with Gasteiger partial charge in [0.1, 0.15) is 5.75 Å². The van der Waals surface area contributed by atoms with Gasteiger partial charge in [0.2, 0.25) is 5.88 Å². The summed E-state index contributed by atoms with van der Waals surface area (Å²) in [5, 5.41) is 3.44. The normalized spacial score (nSPS) is 11.8. The quantitative estimate of drug-likeness (QED) is 0.872. The second-order valence-electron chi connectivity index (χ2n) is 4.90. The summed E-state index contributed by atoms with van der Waals surface area (Å²) in [6.45, 7) is 6.69. The van der Waals surface area contributed by atoms with E-state index in [4.69, 9.17) is 9.47 Å². The number of aromatic nitrogens is 1. The average Bonchev–Trinajstić information content (AvgIpc) is 2.49. The third-order valence-electron chi connectivity index (χ3n) is 3.28. The molecule has 1 aromatic carbocycles.